The molecular formula is C24H35N4O6P. The number of benzene rings is 1. The van der Waals surface area contributed by atoms with Gasteiger partial charge in [0, 0.05) is 18.3 Å². The Morgan fingerprint density at radius 1 is 1.14 bits per heavy atom. The zero-order chi connectivity index (χ0) is 25.8. The number of ether oxygens (including phenoxy) is 1. The van der Waals surface area contributed by atoms with Crippen LogP contribution in [0.2, 0.25) is 0 Å². The summed E-state index contributed by atoms with van der Waals surface area (Å²) in [4.78, 5) is 28.2. The van der Waals surface area contributed by atoms with E-state index in [2.05, 4.69) is 12.2 Å². The Morgan fingerprint density at radius 3 is 2.43 bits per heavy atom. The van der Waals surface area contributed by atoms with E-state index in [4.69, 9.17) is 18.9 Å². The third-order valence-corrected chi connectivity index (χ3v) is 7.85. The first-order valence-corrected chi connectivity index (χ1v) is 13.7. The molecule has 0 saturated heterocycles. The summed E-state index contributed by atoms with van der Waals surface area (Å²) in [6.45, 7) is 9.95. The van der Waals surface area contributed by atoms with Crippen molar-refractivity contribution < 1.29 is 27.9 Å². The third kappa shape index (κ3) is 5.60. The SMILES string of the molecule is CCCC1N(C)C(C)=C2C(=O)NC(c3cc(C(=O)CP(=O)(OCC)OCC)ccc3OCC)=NN21. The summed E-state index contributed by atoms with van der Waals surface area (Å²) in [7, 11) is -1.62. The summed E-state index contributed by atoms with van der Waals surface area (Å²) in [6, 6.07) is 4.86. The highest BCUT2D eigenvalue weighted by molar-refractivity contribution is 7.54. The lowest BCUT2D eigenvalue weighted by molar-refractivity contribution is -0.118. The molecular weight excluding hydrogens is 471 g/mol. The Labute approximate surface area is 206 Å². The van der Waals surface area contributed by atoms with Gasteiger partial charge in [0.15, 0.2) is 11.6 Å². The normalized spacial score (nSPS) is 17.9. The zero-order valence-corrected chi connectivity index (χ0v) is 22.2. The van der Waals surface area contributed by atoms with Crippen LogP contribution in [0.1, 0.15) is 63.4 Å². The molecule has 192 valence electrons. The molecule has 11 heteroatoms. The topological polar surface area (TPSA) is 110 Å². The highest BCUT2D eigenvalue weighted by atomic mass is 31.2. The van der Waals surface area contributed by atoms with Crippen molar-refractivity contribution in [3.05, 3.63) is 40.7 Å². The van der Waals surface area contributed by atoms with Gasteiger partial charge in [-0.05, 0) is 52.3 Å². The Bertz CT molecular complexity index is 1080. The molecule has 0 radical (unpaired) electrons. The predicted molar refractivity (Wildman–Crippen MR) is 133 cm³/mol. The van der Waals surface area contributed by atoms with Gasteiger partial charge >= 0.3 is 7.60 Å². The lowest BCUT2D eigenvalue weighted by Crippen LogP contribution is -2.46. The quantitative estimate of drug-likeness (QED) is 0.336. The molecule has 10 nitrogen and oxygen atoms in total. The summed E-state index contributed by atoms with van der Waals surface area (Å²) >= 11 is 0. The number of rotatable bonds is 12. The number of ketones is 1. The second-order valence-corrected chi connectivity index (χ2v) is 10.3. The van der Waals surface area contributed by atoms with Gasteiger partial charge < -0.3 is 24.0 Å². The van der Waals surface area contributed by atoms with Crippen molar-refractivity contribution in [1.82, 2.24) is 15.2 Å². The molecule has 0 bridgehead atoms. The van der Waals surface area contributed by atoms with Crippen molar-refractivity contribution in [3.63, 3.8) is 0 Å². The van der Waals surface area contributed by atoms with Crippen LogP contribution in [0.15, 0.2) is 34.7 Å². The van der Waals surface area contributed by atoms with Crippen molar-refractivity contribution in [1.29, 1.82) is 0 Å². The number of hydrogen-bond acceptors (Lipinski definition) is 9. The fraction of sp³-hybridized carbons (Fsp3) is 0.542. The van der Waals surface area contributed by atoms with Crippen molar-refractivity contribution in [2.45, 2.75) is 53.6 Å². The van der Waals surface area contributed by atoms with Crippen LogP contribution in [0.25, 0.3) is 0 Å². The number of carbonyl (C=O) groups excluding carboxylic acids is 2. The molecule has 0 spiro atoms. The lowest BCUT2D eigenvalue weighted by Gasteiger charge is -2.31. The van der Waals surface area contributed by atoms with Crippen LogP contribution in [0.4, 0.5) is 0 Å². The largest absolute Gasteiger partial charge is 0.493 e. The minimum atomic E-state index is -3.57. The van der Waals surface area contributed by atoms with Gasteiger partial charge in [-0.1, -0.05) is 13.3 Å². The fourth-order valence-electron chi connectivity index (χ4n) is 4.21. The smallest absolute Gasteiger partial charge is 0.338 e. The lowest BCUT2D eigenvalue weighted by atomic mass is 10.1. The van der Waals surface area contributed by atoms with Gasteiger partial charge in [-0.15, -0.1) is 0 Å². The summed E-state index contributed by atoms with van der Waals surface area (Å²) in [6.07, 6.45) is 1.27. The van der Waals surface area contributed by atoms with Gasteiger partial charge in [0.2, 0.25) is 0 Å². The monoisotopic (exact) mass is 506 g/mol. The molecule has 2 aliphatic heterocycles. The maximum Gasteiger partial charge on any atom is 0.338 e. The summed E-state index contributed by atoms with van der Waals surface area (Å²) in [5, 5.41) is 9.37. The molecule has 1 aromatic rings. The Morgan fingerprint density at radius 2 is 1.83 bits per heavy atom. The molecule has 0 aliphatic carbocycles. The standard InChI is InChI=1S/C24H35N4O6P/c1-7-11-21-27(6)16(5)22-24(30)25-23(26-28(21)22)18-14-17(12-13-20(18)32-8-2)19(29)15-35(31,33-9-3)34-10-4/h12-14,21H,7-11,15H2,1-6H3,(H,25,26,30). The number of fused-ring (bicyclic) bond motifs is 1. The van der Waals surface area contributed by atoms with E-state index in [0.29, 0.717) is 35.0 Å². The van der Waals surface area contributed by atoms with E-state index in [9.17, 15) is 14.2 Å². The van der Waals surface area contributed by atoms with Gasteiger partial charge in [-0.2, -0.15) is 5.10 Å². The number of allylic oxidation sites excluding steroid dienone is 1. The van der Waals surface area contributed by atoms with E-state index in [0.717, 1.165) is 18.5 Å². The highest BCUT2D eigenvalue weighted by Gasteiger charge is 2.41. The van der Waals surface area contributed by atoms with Crippen LogP contribution in [0, 0.1) is 0 Å². The number of Topliss-reactive ketones (excluding diaryl/α,β-unsaturated/α-hetero) is 1. The van der Waals surface area contributed by atoms with Gasteiger partial charge in [0.1, 0.15) is 23.8 Å². The molecule has 2 aliphatic rings. The molecule has 0 aromatic heterocycles. The Kier molecular flexibility index (Phi) is 8.74. The number of amides is 1. The van der Waals surface area contributed by atoms with Crippen LogP contribution in [0.5, 0.6) is 5.75 Å². The van der Waals surface area contributed by atoms with Crippen LogP contribution in [-0.4, -0.2) is 66.6 Å². The molecule has 1 atom stereocenters. The molecule has 2 heterocycles. The maximum absolute atomic E-state index is 13.1. The van der Waals surface area contributed by atoms with Gasteiger partial charge in [0.05, 0.1) is 25.4 Å². The first-order valence-electron chi connectivity index (χ1n) is 12.0. The van der Waals surface area contributed by atoms with Crippen LogP contribution < -0.4 is 10.1 Å². The summed E-state index contributed by atoms with van der Waals surface area (Å²) in [5.41, 5.74) is 2.12. The number of nitrogens with zero attached hydrogens (tertiary/aromatic N) is 3. The van der Waals surface area contributed by atoms with E-state index in [1.807, 2.05) is 25.8 Å². The first kappa shape index (κ1) is 26.9. The molecule has 1 amide bonds. The molecule has 1 aromatic carbocycles. The van der Waals surface area contributed by atoms with E-state index >= 15 is 0 Å². The van der Waals surface area contributed by atoms with Crippen molar-refractivity contribution in [2.24, 2.45) is 5.10 Å². The minimum absolute atomic E-state index is 0.0836. The Balaban J connectivity index is 2.01. The van der Waals surface area contributed by atoms with Crippen molar-refractivity contribution >= 4 is 25.1 Å². The van der Waals surface area contributed by atoms with Crippen LogP contribution >= 0.6 is 7.60 Å². The van der Waals surface area contributed by atoms with E-state index < -0.39 is 13.4 Å². The number of hydrazone groups is 1. The third-order valence-electron chi connectivity index (χ3n) is 5.88. The highest BCUT2D eigenvalue weighted by Crippen LogP contribution is 2.48. The van der Waals surface area contributed by atoms with E-state index in [-0.39, 0.29) is 31.4 Å². The van der Waals surface area contributed by atoms with Crippen molar-refractivity contribution in [3.8, 4) is 5.75 Å². The molecule has 3 rings (SSSR count). The van der Waals surface area contributed by atoms with Gasteiger partial charge in [0.25, 0.3) is 5.91 Å². The van der Waals surface area contributed by atoms with Crippen LogP contribution in [0.3, 0.4) is 0 Å². The first-order chi connectivity index (χ1) is 16.7. The number of amidine groups is 1. The van der Waals surface area contributed by atoms with Gasteiger partial charge in [-0.25, -0.2) is 5.01 Å². The molecule has 0 saturated carbocycles. The number of hydrogen-bond donors (Lipinski definition) is 1. The maximum atomic E-state index is 13.1. The number of nitrogens with one attached hydrogen (secondary N) is 1. The molecule has 0 fully saturated rings. The number of carbonyl (C=O) groups is 2. The van der Waals surface area contributed by atoms with Gasteiger partial charge in [-0.3, -0.25) is 14.2 Å². The zero-order valence-electron chi connectivity index (χ0n) is 21.3. The minimum Gasteiger partial charge on any atom is -0.493 e. The summed E-state index contributed by atoms with van der Waals surface area (Å²) < 4.78 is 29.2. The average Bonchev–Trinajstić information content (AvgIpc) is 3.05. The predicted octanol–water partition coefficient (Wildman–Crippen LogP) is 3.93. The second-order valence-electron chi connectivity index (χ2n) is 8.23. The average molecular weight is 507 g/mol. The molecule has 1 unspecified atom stereocenters. The van der Waals surface area contributed by atoms with Crippen molar-refractivity contribution in [2.75, 3.05) is 33.0 Å². The van der Waals surface area contributed by atoms with E-state index in [1.165, 1.54) is 0 Å². The second kappa shape index (κ2) is 11.4. The summed E-state index contributed by atoms with van der Waals surface area (Å²) in [5.74, 6) is 0.0984. The Hall–Kier alpha value is -2.68. The van der Waals surface area contributed by atoms with E-state index in [1.54, 1.807) is 37.1 Å². The molecule has 35 heavy (non-hydrogen) atoms. The molecule has 1 N–H and O–H groups in total. The van der Waals surface area contributed by atoms with Crippen LogP contribution in [-0.2, 0) is 18.4 Å². The fourth-order valence-corrected chi connectivity index (χ4v) is 5.79.